The van der Waals surface area contributed by atoms with E-state index >= 15 is 0 Å². The van der Waals surface area contributed by atoms with Crippen molar-refractivity contribution < 1.29 is 5.11 Å². The number of nitrogens with zero attached hydrogens (tertiary/aromatic N) is 2. The molecule has 1 N–H and O–H groups in total. The minimum absolute atomic E-state index is 0. The standard InChI is InChI=1S/C29H32N2OS.ClH/c32-27(26-22-33-28-16-8-7-14-25(26)28)15-9-17-30-18-20-31(21-19-30)29(23-10-3-1-4-11-23)24-12-5-2-6-13-24;/h1-8,10-14,16,22,27,29,32H,9,15,17-21H2;1H. The number of rotatable bonds is 8. The van der Waals surface area contributed by atoms with Crippen LogP contribution >= 0.6 is 23.7 Å². The molecular weight excluding hydrogens is 460 g/mol. The van der Waals surface area contributed by atoms with Gasteiger partial charge in [-0.25, -0.2) is 0 Å². The molecule has 5 heteroatoms. The predicted octanol–water partition coefficient (Wildman–Crippen LogP) is 6.54. The lowest BCUT2D eigenvalue weighted by molar-refractivity contribution is 0.101. The molecule has 4 aromatic rings. The summed E-state index contributed by atoms with van der Waals surface area (Å²) >= 11 is 1.73. The highest BCUT2D eigenvalue weighted by Gasteiger charge is 2.26. The van der Waals surface area contributed by atoms with Gasteiger partial charge in [-0.1, -0.05) is 78.9 Å². The van der Waals surface area contributed by atoms with Crippen LogP contribution in [0.1, 0.15) is 41.7 Å². The third-order valence-corrected chi connectivity index (χ3v) is 7.81. The Morgan fingerprint density at radius 1 is 0.765 bits per heavy atom. The first-order chi connectivity index (χ1) is 16.3. The molecule has 5 rings (SSSR count). The maximum atomic E-state index is 10.8. The van der Waals surface area contributed by atoms with E-state index in [4.69, 9.17) is 0 Å². The highest BCUT2D eigenvalue weighted by molar-refractivity contribution is 7.17. The largest absolute Gasteiger partial charge is 0.388 e. The molecule has 3 aromatic carbocycles. The van der Waals surface area contributed by atoms with Gasteiger partial charge in [-0.3, -0.25) is 4.90 Å². The van der Waals surface area contributed by atoms with Gasteiger partial charge in [0.25, 0.3) is 0 Å². The van der Waals surface area contributed by atoms with Gasteiger partial charge in [0.2, 0.25) is 0 Å². The Kier molecular flexibility index (Phi) is 8.76. The summed E-state index contributed by atoms with van der Waals surface area (Å²) in [6.45, 7) is 5.33. The molecule has 2 heterocycles. The molecule has 0 radical (unpaired) electrons. The minimum atomic E-state index is -0.372. The van der Waals surface area contributed by atoms with E-state index in [-0.39, 0.29) is 18.5 Å². The first-order valence-electron chi connectivity index (χ1n) is 12.0. The van der Waals surface area contributed by atoms with E-state index in [1.807, 2.05) is 0 Å². The van der Waals surface area contributed by atoms with E-state index in [1.54, 1.807) is 11.3 Å². The summed E-state index contributed by atoms with van der Waals surface area (Å²) in [7, 11) is 0. The second kappa shape index (κ2) is 12.0. The molecule has 178 valence electrons. The van der Waals surface area contributed by atoms with Gasteiger partial charge < -0.3 is 10.0 Å². The van der Waals surface area contributed by atoms with Crippen molar-refractivity contribution in [3.63, 3.8) is 0 Å². The van der Waals surface area contributed by atoms with Gasteiger partial charge in [-0.15, -0.1) is 23.7 Å². The summed E-state index contributed by atoms with van der Waals surface area (Å²) in [6, 6.07) is 30.4. The molecule has 0 spiro atoms. The molecule has 1 fully saturated rings. The van der Waals surface area contributed by atoms with Gasteiger partial charge in [0, 0.05) is 30.9 Å². The van der Waals surface area contributed by atoms with Crippen molar-refractivity contribution in [1.29, 1.82) is 0 Å². The molecular formula is C29H33ClN2OS. The number of hydrogen-bond donors (Lipinski definition) is 1. The Morgan fingerprint density at radius 2 is 1.35 bits per heavy atom. The Labute approximate surface area is 213 Å². The van der Waals surface area contributed by atoms with Crippen LogP contribution in [-0.4, -0.2) is 47.6 Å². The quantitative estimate of drug-likeness (QED) is 0.302. The first kappa shape index (κ1) is 24.9. The molecule has 1 atom stereocenters. The summed E-state index contributed by atoms with van der Waals surface area (Å²) in [5, 5.41) is 14.1. The molecule has 0 bridgehead atoms. The van der Waals surface area contributed by atoms with E-state index < -0.39 is 0 Å². The number of piperazine rings is 1. The van der Waals surface area contributed by atoms with Crippen molar-refractivity contribution in [2.45, 2.75) is 25.0 Å². The van der Waals surface area contributed by atoms with E-state index in [1.165, 1.54) is 21.2 Å². The van der Waals surface area contributed by atoms with Gasteiger partial charge >= 0.3 is 0 Å². The average Bonchev–Trinajstić information content (AvgIpc) is 3.31. The summed E-state index contributed by atoms with van der Waals surface area (Å²) in [5.41, 5.74) is 3.82. The van der Waals surface area contributed by atoms with E-state index in [0.29, 0.717) is 6.04 Å². The molecule has 1 aromatic heterocycles. The molecule has 1 aliphatic heterocycles. The second-order valence-electron chi connectivity index (χ2n) is 8.95. The normalized spacial score (nSPS) is 15.9. The van der Waals surface area contributed by atoms with Gasteiger partial charge in [0.05, 0.1) is 12.1 Å². The zero-order valence-corrected chi connectivity index (χ0v) is 21.1. The third-order valence-electron chi connectivity index (χ3n) is 6.82. The first-order valence-corrected chi connectivity index (χ1v) is 12.9. The lowest BCUT2D eigenvalue weighted by atomic mass is 9.96. The van der Waals surface area contributed by atoms with Crippen LogP contribution in [0.5, 0.6) is 0 Å². The third kappa shape index (κ3) is 5.70. The van der Waals surface area contributed by atoms with E-state index in [2.05, 4.69) is 100 Å². The zero-order chi connectivity index (χ0) is 22.5. The Hall–Kier alpha value is -2.21. The molecule has 1 unspecified atom stereocenters. The minimum Gasteiger partial charge on any atom is -0.388 e. The van der Waals surface area contributed by atoms with Crippen molar-refractivity contribution in [2.75, 3.05) is 32.7 Å². The molecule has 34 heavy (non-hydrogen) atoms. The molecule has 0 aliphatic carbocycles. The van der Waals surface area contributed by atoms with Crippen molar-refractivity contribution in [3.05, 3.63) is 107 Å². The Bertz CT molecular complexity index is 1100. The maximum Gasteiger partial charge on any atom is 0.0804 e. The number of aliphatic hydroxyl groups excluding tert-OH is 1. The van der Waals surface area contributed by atoms with Gasteiger partial charge in [0.1, 0.15) is 0 Å². The Morgan fingerprint density at radius 3 is 2.00 bits per heavy atom. The second-order valence-corrected chi connectivity index (χ2v) is 9.86. The van der Waals surface area contributed by atoms with Crippen LogP contribution in [0.25, 0.3) is 10.1 Å². The van der Waals surface area contributed by atoms with E-state index in [9.17, 15) is 5.11 Å². The monoisotopic (exact) mass is 492 g/mol. The van der Waals surface area contributed by atoms with Crippen LogP contribution in [0.4, 0.5) is 0 Å². The number of aliphatic hydroxyl groups is 1. The van der Waals surface area contributed by atoms with Crippen LogP contribution in [0.3, 0.4) is 0 Å². The van der Waals surface area contributed by atoms with Crippen molar-refractivity contribution in [2.24, 2.45) is 0 Å². The number of hydrogen-bond acceptors (Lipinski definition) is 4. The summed E-state index contributed by atoms with van der Waals surface area (Å²) < 4.78 is 1.26. The van der Waals surface area contributed by atoms with E-state index in [0.717, 1.165) is 51.1 Å². The van der Waals surface area contributed by atoms with Crippen molar-refractivity contribution in [3.8, 4) is 0 Å². The van der Waals surface area contributed by atoms with Crippen LogP contribution in [0.15, 0.2) is 90.3 Å². The zero-order valence-electron chi connectivity index (χ0n) is 19.4. The molecule has 0 amide bonds. The number of halogens is 1. The SMILES string of the molecule is Cl.OC(CCCN1CCN(C(c2ccccc2)c2ccccc2)CC1)c1csc2ccccc12. The molecule has 0 saturated carbocycles. The topological polar surface area (TPSA) is 26.7 Å². The van der Waals surface area contributed by atoms with Crippen LogP contribution in [0, 0.1) is 0 Å². The fourth-order valence-electron chi connectivity index (χ4n) is 5.05. The fraction of sp³-hybridized carbons (Fsp3) is 0.310. The van der Waals surface area contributed by atoms with Gasteiger partial charge in [-0.05, 0) is 52.9 Å². The smallest absolute Gasteiger partial charge is 0.0804 e. The van der Waals surface area contributed by atoms with Crippen molar-refractivity contribution >= 4 is 33.8 Å². The lowest BCUT2D eigenvalue weighted by Crippen LogP contribution is -2.48. The molecule has 1 aliphatic rings. The summed E-state index contributed by atoms with van der Waals surface area (Å²) in [4.78, 5) is 5.18. The predicted molar refractivity (Wildman–Crippen MR) is 146 cm³/mol. The van der Waals surface area contributed by atoms with Crippen LogP contribution < -0.4 is 0 Å². The number of benzene rings is 3. The maximum absolute atomic E-state index is 10.8. The highest BCUT2D eigenvalue weighted by atomic mass is 35.5. The Balaban J connectivity index is 0.00000274. The molecule has 3 nitrogen and oxygen atoms in total. The lowest BCUT2D eigenvalue weighted by Gasteiger charge is -2.40. The molecule has 1 saturated heterocycles. The van der Waals surface area contributed by atoms with Gasteiger partial charge in [-0.2, -0.15) is 0 Å². The van der Waals surface area contributed by atoms with Crippen molar-refractivity contribution in [1.82, 2.24) is 9.80 Å². The number of thiophene rings is 1. The average molecular weight is 493 g/mol. The van der Waals surface area contributed by atoms with Crippen LogP contribution in [-0.2, 0) is 0 Å². The summed E-state index contributed by atoms with van der Waals surface area (Å²) in [5.74, 6) is 0. The van der Waals surface area contributed by atoms with Crippen LogP contribution in [0.2, 0.25) is 0 Å². The summed E-state index contributed by atoms with van der Waals surface area (Å²) in [6.07, 6.45) is 1.46. The van der Waals surface area contributed by atoms with Gasteiger partial charge in [0.15, 0.2) is 0 Å². The highest BCUT2D eigenvalue weighted by Crippen LogP contribution is 2.32. The number of fused-ring (bicyclic) bond motifs is 1. The fourth-order valence-corrected chi connectivity index (χ4v) is 6.06.